The molecule has 1 amide bonds. The summed E-state index contributed by atoms with van der Waals surface area (Å²) in [6, 6.07) is 5.43. The molecule has 1 rings (SSSR count). The lowest BCUT2D eigenvalue weighted by Gasteiger charge is -2.08. The van der Waals surface area contributed by atoms with E-state index in [1.807, 2.05) is 12.1 Å². The molecule has 0 aromatic heterocycles. The lowest BCUT2D eigenvalue weighted by atomic mass is 10.2. The molecule has 0 saturated heterocycles. The molecule has 0 heterocycles. The van der Waals surface area contributed by atoms with Crippen LogP contribution in [0.4, 0.5) is 4.79 Å². The van der Waals surface area contributed by atoms with Crippen LogP contribution >= 0.6 is 15.9 Å². The number of hydrogen-bond acceptors (Lipinski definition) is 2. The zero-order chi connectivity index (χ0) is 10.6. The van der Waals surface area contributed by atoms with E-state index in [1.165, 1.54) is 0 Å². The van der Waals surface area contributed by atoms with Crippen LogP contribution in [0.1, 0.15) is 5.56 Å². The predicted molar refractivity (Wildman–Crippen MR) is 55.6 cm³/mol. The fourth-order valence-corrected chi connectivity index (χ4v) is 1.46. The van der Waals surface area contributed by atoms with Crippen LogP contribution in [0, 0.1) is 0 Å². The minimum atomic E-state index is -1.05. The van der Waals surface area contributed by atoms with E-state index >= 15 is 0 Å². The van der Waals surface area contributed by atoms with Crippen molar-refractivity contribution in [3.8, 4) is 5.75 Å². The van der Waals surface area contributed by atoms with Crippen LogP contribution in [0.3, 0.4) is 0 Å². The van der Waals surface area contributed by atoms with Crippen LogP contribution in [-0.2, 0) is 6.54 Å². The van der Waals surface area contributed by atoms with Gasteiger partial charge in [-0.3, -0.25) is 0 Å². The SMILES string of the molecule is COc1ccc(Br)cc1CNC(=O)O. The Hall–Kier alpha value is -1.23. The Morgan fingerprint density at radius 1 is 1.64 bits per heavy atom. The summed E-state index contributed by atoms with van der Waals surface area (Å²) in [5.41, 5.74) is 0.796. The van der Waals surface area contributed by atoms with Crippen LogP contribution in [0.25, 0.3) is 0 Å². The van der Waals surface area contributed by atoms with Crippen LogP contribution in [0.15, 0.2) is 22.7 Å². The van der Waals surface area contributed by atoms with E-state index in [1.54, 1.807) is 13.2 Å². The number of nitrogens with one attached hydrogen (secondary N) is 1. The minimum absolute atomic E-state index is 0.234. The molecule has 1 aromatic carbocycles. The van der Waals surface area contributed by atoms with Crippen molar-refractivity contribution >= 4 is 22.0 Å². The van der Waals surface area contributed by atoms with E-state index in [-0.39, 0.29) is 6.54 Å². The summed E-state index contributed by atoms with van der Waals surface area (Å²) in [5.74, 6) is 0.668. The molecule has 14 heavy (non-hydrogen) atoms. The molecule has 2 N–H and O–H groups in total. The maximum absolute atomic E-state index is 10.3. The maximum Gasteiger partial charge on any atom is 0.404 e. The van der Waals surface area contributed by atoms with Gasteiger partial charge in [0.15, 0.2) is 0 Å². The standard InChI is InChI=1S/C9H10BrNO3/c1-14-8-3-2-7(10)4-6(8)5-11-9(12)13/h2-4,11H,5H2,1H3,(H,12,13). The van der Waals surface area contributed by atoms with Crippen molar-refractivity contribution in [2.45, 2.75) is 6.54 Å². The van der Waals surface area contributed by atoms with Crippen molar-refractivity contribution < 1.29 is 14.6 Å². The molecule has 0 spiro atoms. The Morgan fingerprint density at radius 3 is 2.93 bits per heavy atom. The summed E-state index contributed by atoms with van der Waals surface area (Å²) in [6.07, 6.45) is -1.05. The number of ether oxygens (including phenoxy) is 1. The van der Waals surface area contributed by atoms with Gasteiger partial charge in [-0.05, 0) is 18.2 Å². The van der Waals surface area contributed by atoms with Crippen molar-refractivity contribution in [2.24, 2.45) is 0 Å². The first kappa shape index (κ1) is 10.8. The molecule has 76 valence electrons. The first-order valence-electron chi connectivity index (χ1n) is 3.92. The second-order valence-electron chi connectivity index (χ2n) is 2.61. The Morgan fingerprint density at radius 2 is 2.36 bits per heavy atom. The number of methoxy groups -OCH3 is 1. The number of carbonyl (C=O) groups is 1. The molecule has 0 aliphatic heterocycles. The summed E-state index contributed by atoms with van der Waals surface area (Å²) in [4.78, 5) is 10.3. The second-order valence-corrected chi connectivity index (χ2v) is 3.53. The zero-order valence-electron chi connectivity index (χ0n) is 7.58. The number of hydrogen-bond donors (Lipinski definition) is 2. The smallest absolute Gasteiger partial charge is 0.404 e. The molecule has 0 unspecified atom stereocenters. The highest BCUT2D eigenvalue weighted by Gasteiger charge is 2.04. The summed E-state index contributed by atoms with van der Waals surface area (Å²) < 4.78 is 5.97. The van der Waals surface area contributed by atoms with E-state index in [4.69, 9.17) is 9.84 Å². The third kappa shape index (κ3) is 2.92. The van der Waals surface area contributed by atoms with Gasteiger partial charge in [-0.2, -0.15) is 0 Å². The number of rotatable bonds is 3. The van der Waals surface area contributed by atoms with Gasteiger partial charge >= 0.3 is 6.09 Å². The fraction of sp³-hybridized carbons (Fsp3) is 0.222. The van der Waals surface area contributed by atoms with Gasteiger partial charge in [0.25, 0.3) is 0 Å². The molecule has 5 heteroatoms. The number of halogens is 1. The van der Waals surface area contributed by atoms with Gasteiger partial charge < -0.3 is 15.2 Å². The molecule has 1 aromatic rings. The van der Waals surface area contributed by atoms with Crippen LogP contribution in [-0.4, -0.2) is 18.3 Å². The highest BCUT2D eigenvalue weighted by atomic mass is 79.9. The molecule has 0 bridgehead atoms. The normalized spacial score (nSPS) is 9.57. The van der Waals surface area contributed by atoms with E-state index in [0.29, 0.717) is 5.75 Å². The van der Waals surface area contributed by atoms with Crippen molar-refractivity contribution in [1.29, 1.82) is 0 Å². The first-order valence-corrected chi connectivity index (χ1v) is 4.72. The maximum atomic E-state index is 10.3. The van der Waals surface area contributed by atoms with Gasteiger partial charge in [0.1, 0.15) is 5.75 Å². The zero-order valence-corrected chi connectivity index (χ0v) is 9.17. The van der Waals surface area contributed by atoms with Crippen molar-refractivity contribution in [3.05, 3.63) is 28.2 Å². The topological polar surface area (TPSA) is 58.6 Å². The third-order valence-corrected chi connectivity index (χ3v) is 2.17. The molecule has 0 saturated carbocycles. The summed E-state index contributed by atoms with van der Waals surface area (Å²) in [7, 11) is 1.55. The highest BCUT2D eigenvalue weighted by Crippen LogP contribution is 2.22. The van der Waals surface area contributed by atoms with Crippen molar-refractivity contribution in [3.63, 3.8) is 0 Å². The van der Waals surface area contributed by atoms with Crippen LogP contribution < -0.4 is 10.1 Å². The van der Waals surface area contributed by atoms with Crippen molar-refractivity contribution in [1.82, 2.24) is 5.32 Å². The Bertz CT molecular complexity index is 341. The fourth-order valence-electron chi connectivity index (χ4n) is 1.06. The summed E-state index contributed by atoms with van der Waals surface area (Å²) in [6.45, 7) is 0.234. The van der Waals surface area contributed by atoms with E-state index < -0.39 is 6.09 Å². The van der Waals surface area contributed by atoms with Gasteiger partial charge in [0.05, 0.1) is 7.11 Å². The lowest BCUT2D eigenvalue weighted by molar-refractivity contribution is 0.194. The Balaban J connectivity index is 2.82. The van der Waals surface area contributed by atoms with E-state index in [9.17, 15) is 4.79 Å². The van der Waals surface area contributed by atoms with Gasteiger partial charge in [-0.15, -0.1) is 0 Å². The van der Waals surface area contributed by atoms with Gasteiger partial charge in [-0.25, -0.2) is 4.79 Å². The average molecular weight is 260 g/mol. The molecule has 0 aliphatic carbocycles. The van der Waals surface area contributed by atoms with Gasteiger partial charge in [-0.1, -0.05) is 15.9 Å². The van der Waals surface area contributed by atoms with Crippen LogP contribution in [0.5, 0.6) is 5.75 Å². The second kappa shape index (κ2) is 4.85. The number of benzene rings is 1. The highest BCUT2D eigenvalue weighted by molar-refractivity contribution is 9.10. The lowest BCUT2D eigenvalue weighted by Crippen LogP contribution is -2.20. The van der Waals surface area contributed by atoms with Gasteiger partial charge in [0.2, 0.25) is 0 Å². The predicted octanol–water partition coefficient (Wildman–Crippen LogP) is 2.23. The van der Waals surface area contributed by atoms with Crippen molar-refractivity contribution in [2.75, 3.05) is 7.11 Å². The van der Waals surface area contributed by atoms with Crippen LogP contribution in [0.2, 0.25) is 0 Å². The largest absolute Gasteiger partial charge is 0.496 e. The van der Waals surface area contributed by atoms with E-state index in [2.05, 4.69) is 21.2 Å². The quantitative estimate of drug-likeness (QED) is 0.876. The molecule has 0 aliphatic rings. The molecule has 0 fully saturated rings. The van der Waals surface area contributed by atoms with E-state index in [0.717, 1.165) is 10.0 Å². The minimum Gasteiger partial charge on any atom is -0.496 e. The average Bonchev–Trinajstić information content (AvgIpc) is 2.15. The molecular weight excluding hydrogens is 250 g/mol. The Labute approximate surface area is 90.0 Å². The summed E-state index contributed by atoms with van der Waals surface area (Å²) >= 11 is 3.30. The molecule has 0 atom stereocenters. The summed E-state index contributed by atoms with van der Waals surface area (Å²) in [5, 5.41) is 10.7. The number of carboxylic acid groups (broad SMARTS) is 1. The monoisotopic (exact) mass is 259 g/mol. The first-order chi connectivity index (χ1) is 6.63. The number of amides is 1. The molecule has 0 radical (unpaired) electrons. The molecule has 4 nitrogen and oxygen atoms in total. The third-order valence-electron chi connectivity index (χ3n) is 1.67. The Kier molecular flexibility index (Phi) is 3.76. The molecular formula is C9H10BrNO3. The van der Waals surface area contributed by atoms with Gasteiger partial charge in [0, 0.05) is 16.6 Å².